The summed E-state index contributed by atoms with van der Waals surface area (Å²) in [5, 5.41) is 2.20. The highest BCUT2D eigenvalue weighted by atomic mass is 32.1. The summed E-state index contributed by atoms with van der Waals surface area (Å²) in [5.74, 6) is 1.25. The van der Waals surface area contributed by atoms with E-state index in [2.05, 4.69) is 53.6 Å². The number of thiophene rings is 1. The summed E-state index contributed by atoms with van der Waals surface area (Å²) in [6.45, 7) is 5.84. The Bertz CT molecular complexity index is 1000. The lowest BCUT2D eigenvalue weighted by molar-refractivity contribution is -0.142. The molecule has 1 aliphatic carbocycles. The number of amides is 2. The van der Waals surface area contributed by atoms with Crippen LogP contribution in [-0.2, 0) is 16.0 Å². The van der Waals surface area contributed by atoms with Gasteiger partial charge in [0.1, 0.15) is 0 Å². The van der Waals surface area contributed by atoms with E-state index in [1.165, 1.54) is 41.7 Å². The van der Waals surface area contributed by atoms with Crippen LogP contribution in [0.15, 0.2) is 41.8 Å². The van der Waals surface area contributed by atoms with Gasteiger partial charge in [0, 0.05) is 56.5 Å². The van der Waals surface area contributed by atoms with Crippen molar-refractivity contribution in [3.8, 4) is 0 Å². The summed E-state index contributed by atoms with van der Waals surface area (Å²) in [6.07, 6.45) is 8.54. The third-order valence-corrected chi connectivity index (χ3v) is 9.33. The number of hydrogen-bond donors (Lipinski definition) is 0. The van der Waals surface area contributed by atoms with E-state index in [1.54, 1.807) is 0 Å². The molecule has 1 saturated heterocycles. The molecule has 1 aromatic heterocycles. The van der Waals surface area contributed by atoms with Crippen molar-refractivity contribution in [3.63, 3.8) is 0 Å². The fourth-order valence-electron chi connectivity index (χ4n) is 6.36. The molecule has 2 amide bonds. The van der Waals surface area contributed by atoms with Gasteiger partial charge in [-0.1, -0.05) is 56.0 Å². The van der Waals surface area contributed by atoms with E-state index in [0.29, 0.717) is 32.5 Å². The molecule has 6 heteroatoms. The zero-order valence-corrected chi connectivity index (χ0v) is 21.8. The molecule has 3 heterocycles. The standard InChI is InChI=1S/C29H39N3O2S/c1-22-21-31(18-19-32(22)28(34)12-11-23-7-5-6-8-23)27(33)14-17-30-16-13-26-25(15-20-35-26)29(30)24-9-3-2-4-10-24/h2-4,9-10,15,20,22-23,29H,5-8,11-14,16-19,21H2,1H3/t22-,29-/m1/s1. The Morgan fingerprint density at radius 3 is 2.54 bits per heavy atom. The molecule has 5 rings (SSSR count). The van der Waals surface area contributed by atoms with Gasteiger partial charge in [-0.2, -0.15) is 0 Å². The van der Waals surface area contributed by atoms with Gasteiger partial charge in [-0.25, -0.2) is 0 Å². The Labute approximate surface area is 214 Å². The van der Waals surface area contributed by atoms with Crippen LogP contribution in [0.5, 0.6) is 0 Å². The molecule has 3 aliphatic rings. The minimum absolute atomic E-state index is 0.101. The summed E-state index contributed by atoms with van der Waals surface area (Å²) in [7, 11) is 0. The Hall–Kier alpha value is -2.18. The highest BCUT2D eigenvalue weighted by Gasteiger charge is 2.32. The summed E-state index contributed by atoms with van der Waals surface area (Å²) in [5.41, 5.74) is 2.70. The Kier molecular flexibility index (Phi) is 7.88. The molecule has 188 valence electrons. The molecule has 0 N–H and O–H groups in total. The monoisotopic (exact) mass is 493 g/mol. The first kappa shape index (κ1) is 24.5. The van der Waals surface area contributed by atoms with Gasteiger partial charge < -0.3 is 9.80 Å². The molecular weight excluding hydrogens is 454 g/mol. The Morgan fingerprint density at radius 1 is 0.971 bits per heavy atom. The van der Waals surface area contributed by atoms with Crippen LogP contribution >= 0.6 is 11.3 Å². The van der Waals surface area contributed by atoms with E-state index >= 15 is 0 Å². The van der Waals surface area contributed by atoms with Crippen LogP contribution in [0.4, 0.5) is 0 Å². The largest absolute Gasteiger partial charge is 0.339 e. The fourth-order valence-corrected chi connectivity index (χ4v) is 7.26. The third-order valence-electron chi connectivity index (χ3n) is 8.34. The van der Waals surface area contributed by atoms with Crippen molar-refractivity contribution in [1.29, 1.82) is 0 Å². The lowest BCUT2D eigenvalue weighted by Crippen LogP contribution is -2.55. The van der Waals surface area contributed by atoms with Crippen molar-refractivity contribution < 1.29 is 9.59 Å². The first-order valence-electron chi connectivity index (χ1n) is 13.5. The van der Waals surface area contributed by atoms with E-state index in [1.807, 2.05) is 21.1 Å². The van der Waals surface area contributed by atoms with Gasteiger partial charge in [-0.3, -0.25) is 14.5 Å². The molecule has 1 saturated carbocycles. The second kappa shape index (κ2) is 11.3. The molecule has 2 fully saturated rings. The van der Waals surface area contributed by atoms with E-state index in [0.717, 1.165) is 31.8 Å². The SMILES string of the molecule is C[C@@H]1CN(C(=O)CCN2CCc3sccc3[C@H]2c2ccccc2)CCN1C(=O)CCC1CCCC1. The van der Waals surface area contributed by atoms with Gasteiger partial charge in [0.2, 0.25) is 11.8 Å². The molecule has 0 radical (unpaired) electrons. The summed E-state index contributed by atoms with van der Waals surface area (Å²) in [6, 6.07) is 13.3. The van der Waals surface area contributed by atoms with Crippen molar-refractivity contribution >= 4 is 23.2 Å². The first-order chi connectivity index (χ1) is 17.1. The van der Waals surface area contributed by atoms with Crippen LogP contribution < -0.4 is 0 Å². The topological polar surface area (TPSA) is 43.9 Å². The predicted octanol–water partition coefficient (Wildman–Crippen LogP) is 5.12. The minimum Gasteiger partial charge on any atom is -0.339 e. The van der Waals surface area contributed by atoms with Crippen LogP contribution in [0.3, 0.4) is 0 Å². The predicted molar refractivity (Wildman–Crippen MR) is 141 cm³/mol. The van der Waals surface area contributed by atoms with Crippen molar-refractivity contribution in [3.05, 3.63) is 57.8 Å². The minimum atomic E-state index is 0.101. The van der Waals surface area contributed by atoms with E-state index < -0.39 is 0 Å². The van der Waals surface area contributed by atoms with Crippen LogP contribution in [0, 0.1) is 5.92 Å². The molecular formula is C29H39N3O2S. The molecule has 35 heavy (non-hydrogen) atoms. The Balaban J connectivity index is 1.14. The number of hydrogen-bond acceptors (Lipinski definition) is 4. The van der Waals surface area contributed by atoms with E-state index in [9.17, 15) is 9.59 Å². The maximum absolute atomic E-state index is 13.2. The summed E-state index contributed by atoms with van der Waals surface area (Å²) < 4.78 is 0. The number of piperazine rings is 1. The average Bonchev–Trinajstić information content (AvgIpc) is 3.58. The number of fused-ring (bicyclic) bond motifs is 1. The molecule has 2 aromatic rings. The number of carbonyl (C=O) groups is 2. The lowest BCUT2D eigenvalue weighted by atomic mass is 9.93. The smallest absolute Gasteiger partial charge is 0.223 e. The first-order valence-corrected chi connectivity index (χ1v) is 14.4. The van der Waals surface area contributed by atoms with Crippen LogP contribution in [0.25, 0.3) is 0 Å². The number of nitrogens with zero attached hydrogens (tertiary/aromatic N) is 3. The van der Waals surface area contributed by atoms with Gasteiger partial charge >= 0.3 is 0 Å². The van der Waals surface area contributed by atoms with Crippen molar-refractivity contribution in [2.75, 3.05) is 32.7 Å². The second-order valence-corrected chi connectivity index (χ2v) is 11.6. The van der Waals surface area contributed by atoms with Gasteiger partial charge in [0.25, 0.3) is 0 Å². The molecule has 0 unspecified atom stereocenters. The highest BCUT2D eigenvalue weighted by Crippen LogP contribution is 2.37. The van der Waals surface area contributed by atoms with Crippen molar-refractivity contribution in [2.45, 2.75) is 70.4 Å². The number of benzene rings is 1. The van der Waals surface area contributed by atoms with Crippen LogP contribution in [0.1, 0.15) is 73.9 Å². The molecule has 0 spiro atoms. The summed E-state index contributed by atoms with van der Waals surface area (Å²) in [4.78, 5) is 34.0. The maximum atomic E-state index is 13.2. The average molecular weight is 494 g/mol. The number of rotatable bonds is 7. The summed E-state index contributed by atoms with van der Waals surface area (Å²) >= 11 is 1.85. The molecule has 0 bridgehead atoms. The quantitative estimate of drug-likeness (QED) is 0.538. The third kappa shape index (κ3) is 5.64. The van der Waals surface area contributed by atoms with Crippen molar-refractivity contribution in [1.82, 2.24) is 14.7 Å². The lowest BCUT2D eigenvalue weighted by Gasteiger charge is -2.41. The normalized spacial score (nSPS) is 23.5. The zero-order valence-electron chi connectivity index (χ0n) is 21.0. The van der Waals surface area contributed by atoms with E-state index in [4.69, 9.17) is 0 Å². The molecule has 2 aliphatic heterocycles. The van der Waals surface area contributed by atoms with Crippen LogP contribution in [-0.4, -0.2) is 65.3 Å². The van der Waals surface area contributed by atoms with Gasteiger partial charge in [-0.05, 0) is 48.3 Å². The van der Waals surface area contributed by atoms with Gasteiger partial charge in [0.15, 0.2) is 0 Å². The molecule has 2 atom stereocenters. The molecule has 5 nitrogen and oxygen atoms in total. The number of carbonyl (C=O) groups excluding carboxylic acids is 2. The molecule has 1 aromatic carbocycles. The van der Waals surface area contributed by atoms with Crippen molar-refractivity contribution in [2.24, 2.45) is 5.92 Å². The second-order valence-electron chi connectivity index (χ2n) is 10.6. The van der Waals surface area contributed by atoms with Crippen LogP contribution in [0.2, 0.25) is 0 Å². The highest BCUT2D eigenvalue weighted by molar-refractivity contribution is 7.10. The zero-order chi connectivity index (χ0) is 24.2. The van der Waals surface area contributed by atoms with Gasteiger partial charge in [-0.15, -0.1) is 11.3 Å². The fraction of sp³-hybridized carbons (Fsp3) is 0.586. The maximum Gasteiger partial charge on any atom is 0.223 e. The van der Waals surface area contributed by atoms with Gasteiger partial charge in [0.05, 0.1) is 6.04 Å². The van der Waals surface area contributed by atoms with E-state index in [-0.39, 0.29) is 23.9 Å². The Morgan fingerprint density at radius 2 is 1.77 bits per heavy atom.